The Kier molecular flexibility index (Phi) is 9.70. The number of phenolic OH excluding ortho intramolecular Hbond substituents is 1. The summed E-state index contributed by atoms with van der Waals surface area (Å²) in [6.07, 6.45) is 0.463. The summed E-state index contributed by atoms with van der Waals surface area (Å²) in [6, 6.07) is 9.40. The number of amides is 3. The molecule has 2 aromatic carbocycles. The van der Waals surface area contributed by atoms with E-state index in [1.807, 2.05) is 13.8 Å². The van der Waals surface area contributed by atoms with Crippen LogP contribution in [0, 0.1) is 18.8 Å². The fourth-order valence-corrected chi connectivity index (χ4v) is 4.64. The maximum Gasteiger partial charge on any atom is 0.336 e. The van der Waals surface area contributed by atoms with Crippen LogP contribution in [-0.2, 0) is 20.8 Å². The van der Waals surface area contributed by atoms with E-state index in [1.165, 1.54) is 29.2 Å². The average Bonchev–Trinajstić information content (AvgIpc) is 2.86. The normalized spacial score (nSPS) is 13.7. The van der Waals surface area contributed by atoms with Crippen molar-refractivity contribution < 1.29 is 23.9 Å². The van der Waals surface area contributed by atoms with Gasteiger partial charge in [-0.3, -0.25) is 19.3 Å². The summed E-state index contributed by atoms with van der Waals surface area (Å²) in [4.78, 5) is 53.5. The van der Waals surface area contributed by atoms with E-state index in [0.29, 0.717) is 22.9 Å². The highest BCUT2D eigenvalue weighted by molar-refractivity contribution is 6.05. The standard InChI is InChI=1S/C30H38N4O6/c1-16(2)12-23(31)29(38)33-27(17(3)4)30(39)34(24(28(32)37)14-19-6-9-21(35)10-7-19)20-8-11-22-18(5)13-26(36)40-25(22)15-20/h6-11,13,15-17,23-24,27,35H,12,14,31H2,1-5H3,(H2,32,37)(H,33,38)/t23-,24-,27-/m0/s1. The molecule has 0 fully saturated rings. The Bertz CT molecular complexity index is 1430. The van der Waals surface area contributed by atoms with Gasteiger partial charge in [-0.25, -0.2) is 4.79 Å². The smallest absolute Gasteiger partial charge is 0.336 e. The minimum atomic E-state index is -1.17. The van der Waals surface area contributed by atoms with Crippen LogP contribution in [0.15, 0.2) is 57.7 Å². The summed E-state index contributed by atoms with van der Waals surface area (Å²) >= 11 is 0. The first-order chi connectivity index (χ1) is 18.8. The van der Waals surface area contributed by atoms with Gasteiger partial charge in [-0.2, -0.15) is 0 Å². The van der Waals surface area contributed by atoms with Gasteiger partial charge in [0.1, 0.15) is 23.4 Å². The number of carbonyl (C=O) groups is 3. The van der Waals surface area contributed by atoms with E-state index >= 15 is 0 Å². The summed E-state index contributed by atoms with van der Waals surface area (Å²) in [5.41, 5.74) is 13.2. The minimum absolute atomic E-state index is 0.0305. The number of phenols is 1. The van der Waals surface area contributed by atoms with Gasteiger partial charge >= 0.3 is 5.63 Å². The predicted molar refractivity (Wildman–Crippen MR) is 154 cm³/mol. The van der Waals surface area contributed by atoms with E-state index in [0.717, 1.165) is 0 Å². The molecule has 0 spiro atoms. The number of primary amides is 1. The quantitative estimate of drug-likeness (QED) is 0.266. The number of hydrogen-bond acceptors (Lipinski definition) is 7. The van der Waals surface area contributed by atoms with Crippen molar-refractivity contribution in [1.82, 2.24) is 5.32 Å². The lowest BCUT2D eigenvalue weighted by Crippen LogP contribution is -2.59. The Balaban J connectivity index is 2.13. The lowest BCUT2D eigenvalue weighted by Gasteiger charge is -2.35. The van der Waals surface area contributed by atoms with E-state index < -0.39 is 41.5 Å². The first-order valence-electron chi connectivity index (χ1n) is 13.3. The molecule has 3 aromatic rings. The third-order valence-corrected chi connectivity index (χ3v) is 6.75. The monoisotopic (exact) mass is 550 g/mol. The molecule has 0 aliphatic rings. The number of nitrogens with one attached hydrogen (secondary N) is 1. The summed E-state index contributed by atoms with van der Waals surface area (Å²) in [5.74, 6) is -1.98. The topological polar surface area (TPSA) is 169 Å². The van der Waals surface area contributed by atoms with Crippen molar-refractivity contribution in [2.45, 2.75) is 65.6 Å². The molecule has 6 N–H and O–H groups in total. The van der Waals surface area contributed by atoms with Crippen LogP contribution in [0.2, 0.25) is 0 Å². The molecule has 10 nitrogen and oxygen atoms in total. The number of benzene rings is 2. The molecule has 0 bridgehead atoms. The lowest BCUT2D eigenvalue weighted by molar-refractivity contribution is -0.130. The summed E-state index contributed by atoms with van der Waals surface area (Å²) < 4.78 is 5.40. The van der Waals surface area contributed by atoms with E-state index in [2.05, 4.69) is 5.32 Å². The van der Waals surface area contributed by atoms with Crippen molar-refractivity contribution in [2.24, 2.45) is 23.3 Å². The number of nitrogens with two attached hydrogens (primary N) is 2. The van der Waals surface area contributed by atoms with Crippen LogP contribution >= 0.6 is 0 Å². The highest BCUT2D eigenvalue weighted by atomic mass is 16.4. The van der Waals surface area contributed by atoms with Gasteiger partial charge in [-0.15, -0.1) is 0 Å². The van der Waals surface area contributed by atoms with Gasteiger partial charge < -0.3 is 26.3 Å². The number of fused-ring (bicyclic) bond motifs is 1. The van der Waals surface area contributed by atoms with Crippen LogP contribution in [0.3, 0.4) is 0 Å². The van der Waals surface area contributed by atoms with Crippen LogP contribution in [0.1, 0.15) is 45.2 Å². The van der Waals surface area contributed by atoms with Crippen LogP contribution in [0.4, 0.5) is 5.69 Å². The highest BCUT2D eigenvalue weighted by Crippen LogP contribution is 2.28. The molecule has 0 aliphatic carbocycles. The second kappa shape index (κ2) is 12.8. The fraction of sp³-hybridized carbons (Fsp3) is 0.400. The van der Waals surface area contributed by atoms with Crippen LogP contribution < -0.4 is 27.3 Å². The number of rotatable bonds is 11. The zero-order chi connectivity index (χ0) is 29.7. The maximum atomic E-state index is 14.3. The molecule has 0 unspecified atom stereocenters. The third-order valence-electron chi connectivity index (χ3n) is 6.75. The molecule has 0 aliphatic heterocycles. The molecule has 1 heterocycles. The summed E-state index contributed by atoms with van der Waals surface area (Å²) in [6.45, 7) is 9.21. The number of carbonyl (C=O) groups excluding carboxylic acids is 3. The van der Waals surface area contributed by atoms with E-state index in [1.54, 1.807) is 45.0 Å². The predicted octanol–water partition coefficient (Wildman–Crippen LogP) is 2.75. The molecular weight excluding hydrogens is 512 g/mol. The van der Waals surface area contributed by atoms with Gasteiger partial charge in [-0.1, -0.05) is 39.8 Å². The molecule has 3 rings (SSSR count). The number of anilines is 1. The largest absolute Gasteiger partial charge is 0.508 e. The lowest BCUT2D eigenvalue weighted by atomic mass is 9.97. The van der Waals surface area contributed by atoms with Crippen LogP contribution in [0.25, 0.3) is 11.0 Å². The fourth-order valence-electron chi connectivity index (χ4n) is 4.64. The van der Waals surface area contributed by atoms with Gasteiger partial charge in [0.2, 0.25) is 11.8 Å². The molecule has 0 saturated carbocycles. The third kappa shape index (κ3) is 7.26. The number of aromatic hydroxyl groups is 1. The Morgan fingerprint density at radius 3 is 2.25 bits per heavy atom. The zero-order valence-electron chi connectivity index (χ0n) is 23.5. The Hall–Kier alpha value is -4.18. The molecule has 10 heteroatoms. The van der Waals surface area contributed by atoms with Crippen molar-refractivity contribution >= 4 is 34.4 Å². The van der Waals surface area contributed by atoms with Crippen molar-refractivity contribution in [3.8, 4) is 5.75 Å². The van der Waals surface area contributed by atoms with Crippen LogP contribution in [-0.4, -0.2) is 41.0 Å². The zero-order valence-corrected chi connectivity index (χ0v) is 23.5. The van der Waals surface area contributed by atoms with Crippen molar-refractivity contribution in [3.63, 3.8) is 0 Å². The van der Waals surface area contributed by atoms with E-state index in [4.69, 9.17) is 15.9 Å². The van der Waals surface area contributed by atoms with Gasteiger partial charge in [-0.05, 0) is 60.6 Å². The number of hydrogen-bond donors (Lipinski definition) is 4. The molecule has 0 radical (unpaired) electrons. The first-order valence-corrected chi connectivity index (χ1v) is 13.3. The second-order valence-corrected chi connectivity index (χ2v) is 10.9. The molecule has 3 atom stereocenters. The SMILES string of the molecule is Cc1cc(=O)oc2cc(N(C(=O)[C@@H](NC(=O)[C@@H](N)CC(C)C)C(C)C)[C@@H](Cc3ccc(O)cc3)C(N)=O)ccc12. The average molecular weight is 551 g/mol. The van der Waals surface area contributed by atoms with Gasteiger partial charge in [0.25, 0.3) is 5.91 Å². The second-order valence-electron chi connectivity index (χ2n) is 10.9. The molecule has 214 valence electrons. The number of nitrogens with zero attached hydrogens (tertiary/aromatic N) is 1. The van der Waals surface area contributed by atoms with Crippen molar-refractivity contribution in [2.75, 3.05) is 4.90 Å². The van der Waals surface area contributed by atoms with Crippen LogP contribution in [0.5, 0.6) is 5.75 Å². The Labute approximate surface area is 233 Å². The summed E-state index contributed by atoms with van der Waals surface area (Å²) in [7, 11) is 0. The van der Waals surface area contributed by atoms with Gasteiger partial charge in [0.05, 0.1) is 6.04 Å². The maximum absolute atomic E-state index is 14.3. The molecule has 40 heavy (non-hydrogen) atoms. The molecule has 3 amide bonds. The first kappa shape index (κ1) is 30.4. The van der Waals surface area contributed by atoms with Crippen molar-refractivity contribution in [3.05, 3.63) is 70.1 Å². The number of aryl methyl sites for hydroxylation is 1. The van der Waals surface area contributed by atoms with E-state index in [-0.39, 0.29) is 35.3 Å². The Morgan fingerprint density at radius 2 is 1.68 bits per heavy atom. The van der Waals surface area contributed by atoms with Gasteiger partial charge in [0.15, 0.2) is 0 Å². The highest BCUT2D eigenvalue weighted by Gasteiger charge is 2.37. The Morgan fingerprint density at radius 1 is 1.02 bits per heavy atom. The van der Waals surface area contributed by atoms with Gasteiger partial charge in [0, 0.05) is 29.6 Å². The van der Waals surface area contributed by atoms with E-state index in [9.17, 15) is 24.3 Å². The van der Waals surface area contributed by atoms with Crippen molar-refractivity contribution in [1.29, 1.82) is 0 Å². The minimum Gasteiger partial charge on any atom is -0.508 e. The summed E-state index contributed by atoms with van der Waals surface area (Å²) in [5, 5.41) is 13.1. The molecular formula is C30H38N4O6. The molecule has 1 aromatic heterocycles. The molecule has 0 saturated heterocycles.